The molecule has 3 aromatic rings. The number of halogens is 1. The topological polar surface area (TPSA) is 46.5 Å². The van der Waals surface area contributed by atoms with Crippen LogP contribution in [0.2, 0.25) is 5.02 Å². The summed E-state index contributed by atoms with van der Waals surface area (Å²) in [6.07, 6.45) is 2.83. The van der Waals surface area contributed by atoms with Gasteiger partial charge in [-0.25, -0.2) is 4.79 Å². The van der Waals surface area contributed by atoms with Crippen LogP contribution in [0.1, 0.15) is 29.3 Å². The Kier molecular flexibility index (Phi) is 5.88. The number of para-hydroxylation sites is 1. The predicted octanol–water partition coefficient (Wildman–Crippen LogP) is 4.78. The van der Waals surface area contributed by atoms with Gasteiger partial charge in [-0.3, -0.25) is 0 Å². The summed E-state index contributed by atoms with van der Waals surface area (Å²) >= 11 is 6.12. The van der Waals surface area contributed by atoms with Gasteiger partial charge < -0.3 is 19.5 Å². The van der Waals surface area contributed by atoms with Crippen molar-refractivity contribution in [2.24, 2.45) is 0 Å². The summed E-state index contributed by atoms with van der Waals surface area (Å²) in [5.74, 6) is 0. The van der Waals surface area contributed by atoms with Crippen molar-refractivity contribution in [3.8, 4) is 5.69 Å². The maximum absolute atomic E-state index is 13.2. The van der Waals surface area contributed by atoms with Gasteiger partial charge in [0.2, 0.25) is 0 Å². The first-order valence-electron chi connectivity index (χ1n) is 9.73. The molecule has 1 N–H and O–H groups in total. The minimum absolute atomic E-state index is 0.0921. The molecule has 0 spiro atoms. The molecule has 1 atom stereocenters. The summed E-state index contributed by atoms with van der Waals surface area (Å²) < 4.78 is 7.27. The number of nitrogens with one attached hydrogen (secondary N) is 1. The summed E-state index contributed by atoms with van der Waals surface area (Å²) in [6, 6.07) is 19.7. The highest BCUT2D eigenvalue weighted by atomic mass is 35.5. The molecular weight excluding hydrogens is 386 g/mol. The molecule has 29 heavy (non-hydrogen) atoms. The summed E-state index contributed by atoms with van der Waals surface area (Å²) in [5, 5.41) is 3.73. The van der Waals surface area contributed by atoms with Crippen LogP contribution in [0, 0.1) is 0 Å². The van der Waals surface area contributed by atoms with Gasteiger partial charge in [-0.2, -0.15) is 0 Å². The van der Waals surface area contributed by atoms with Crippen molar-refractivity contribution < 1.29 is 9.53 Å². The Hall–Kier alpha value is -2.76. The fourth-order valence-corrected chi connectivity index (χ4v) is 3.97. The normalized spacial score (nSPS) is 15.4. The van der Waals surface area contributed by atoms with Crippen LogP contribution in [0.3, 0.4) is 0 Å². The fraction of sp³-hybridized carbons (Fsp3) is 0.261. The number of nitrogens with zero attached hydrogens (tertiary/aromatic N) is 2. The molecule has 0 saturated heterocycles. The van der Waals surface area contributed by atoms with Crippen LogP contribution in [0.5, 0.6) is 0 Å². The number of benzene rings is 2. The van der Waals surface area contributed by atoms with Crippen LogP contribution in [-0.4, -0.2) is 35.8 Å². The molecule has 0 aliphatic carbocycles. The first kappa shape index (κ1) is 19.6. The van der Waals surface area contributed by atoms with Crippen LogP contribution in [0.15, 0.2) is 66.9 Å². The highest BCUT2D eigenvalue weighted by Gasteiger charge is 2.32. The molecule has 1 aliphatic rings. The number of fused-ring (bicyclic) bond motifs is 3. The maximum Gasteiger partial charge on any atom is 0.318 e. The first-order valence-corrected chi connectivity index (χ1v) is 10.1. The number of amides is 2. The molecule has 6 heteroatoms. The van der Waals surface area contributed by atoms with E-state index < -0.39 is 0 Å². The Balaban J connectivity index is 1.76. The lowest BCUT2D eigenvalue weighted by Gasteiger charge is -2.31. The van der Waals surface area contributed by atoms with Crippen molar-refractivity contribution in [1.82, 2.24) is 14.8 Å². The number of carbonyl (C=O) groups is 1. The van der Waals surface area contributed by atoms with E-state index in [1.165, 1.54) is 0 Å². The largest absolute Gasteiger partial charge is 0.385 e. The highest BCUT2D eigenvalue weighted by Crippen LogP contribution is 2.36. The van der Waals surface area contributed by atoms with E-state index in [1.54, 1.807) is 7.11 Å². The standard InChI is InChI=1S/C23H24ClN3O2/c1-29-15-5-13-25-23(28)27-16-18-6-2-3-7-20(18)26-14-4-8-21(26)22(27)17-9-11-19(24)12-10-17/h2-4,6-12,14,22H,5,13,15-16H2,1H3,(H,25,28). The molecule has 0 bridgehead atoms. The van der Waals surface area contributed by atoms with E-state index in [9.17, 15) is 4.79 Å². The third-order valence-electron chi connectivity index (χ3n) is 5.21. The summed E-state index contributed by atoms with van der Waals surface area (Å²) in [5.41, 5.74) is 4.27. The van der Waals surface area contributed by atoms with Gasteiger partial charge >= 0.3 is 6.03 Å². The predicted molar refractivity (Wildman–Crippen MR) is 114 cm³/mol. The zero-order valence-corrected chi connectivity index (χ0v) is 17.1. The van der Waals surface area contributed by atoms with E-state index in [0.717, 1.165) is 28.9 Å². The lowest BCUT2D eigenvalue weighted by Crippen LogP contribution is -2.42. The van der Waals surface area contributed by atoms with Gasteiger partial charge in [-0.15, -0.1) is 0 Å². The van der Waals surface area contributed by atoms with Crippen molar-refractivity contribution in [2.45, 2.75) is 19.0 Å². The van der Waals surface area contributed by atoms with Crippen LogP contribution in [0.4, 0.5) is 4.79 Å². The van der Waals surface area contributed by atoms with E-state index >= 15 is 0 Å². The van der Waals surface area contributed by atoms with Crippen molar-refractivity contribution in [2.75, 3.05) is 20.3 Å². The maximum atomic E-state index is 13.2. The van der Waals surface area contributed by atoms with Gasteiger partial charge in [-0.1, -0.05) is 41.9 Å². The minimum Gasteiger partial charge on any atom is -0.385 e. The van der Waals surface area contributed by atoms with Gasteiger partial charge in [0, 0.05) is 37.2 Å². The number of rotatable bonds is 5. The zero-order valence-electron chi connectivity index (χ0n) is 16.3. The Labute approximate surface area is 175 Å². The Morgan fingerprint density at radius 3 is 2.72 bits per heavy atom. The van der Waals surface area contributed by atoms with Crippen LogP contribution >= 0.6 is 11.6 Å². The molecular formula is C23H24ClN3O2. The Morgan fingerprint density at radius 1 is 1.14 bits per heavy atom. The molecule has 2 heterocycles. The average molecular weight is 410 g/mol. The van der Waals surface area contributed by atoms with E-state index in [1.807, 2.05) is 47.4 Å². The van der Waals surface area contributed by atoms with Crippen LogP contribution in [0.25, 0.3) is 5.69 Å². The molecule has 0 saturated carbocycles. The number of ether oxygens (including phenoxy) is 1. The van der Waals surface area contributed by atoms with Crippen molar-refractivity contribution >= 4 is 17.6 Å². The van der Waals surface area contributed by atoms with Gasteiger partial charge in [0.05, 0.1) is 18.3 Å². The minimum atomic E-state index is -0.225. The molecule has 150 valence electrons. The molecule has 1 aliphatic heterocycles. The lowest BCUT2D eigenvalue weighted by molar-refractivity contribution is 0.174. The van der Waals surface area contributed by atoms with Crippen molar-refractivity contribution in [1.29, 1.82) is 0 Å². The lowest BCUT2D eigenvalue weighted by atomic mass is 10.0. The number of carbonyl (C=O) groups excluding carboxylic acids is 1. The first-order chi connectivity index (χ1) is 14.2. The third-order valence-corrected chi connectivity index (χ3v) is 5.46. The molecule has 0 fully saturated rings. The zero-order chi connectivity index (χ0) is 20.2. The fourth-order valence-electron chi connectivity index (χ4n) is 3.85. The molecule has 4 rings (SSSR count). The molecule has 1 unspecified atom stereocenters. The summed E-state index contributed by atoms with van der Waals surface area (Å²) in [7, 11) is 1.66. The Bertz CT molecular complexity index is 984. The van der Waals surface area contributed by atoms with E-state index in [2.05, 4.69) is 34.3 Å². The second kappa shape index (κ2) is 8.72. The van der Waals surface area contributed by atoms with Crippen molar-refractivity contribution in [3.05, 3.63) is 88.7 Å². The molecule has 1 aromatic heterocycles. The monoisotopic (exact) mass is 409 g/mol. The van der Waals surface area contributed by atoms with Gasteiger partial charge in [0.15, 0.2) is 0 Å². The second-order valence-electron chi connectivity index (χ2n) is 7.09. The number of methoxy groups -OCH3 is 1. The SMILES string of the molecule is COCCCNC(=O)N1Cc2ccccc2-n2cccc2C1c1ccc(Cl)cc1. The smallest absolute Gasteiger partial charge is 0.318 e. The molecule has 5 nitrogen and oxygen atoms in total. The number of urea groups is 1. The molecule has 0 radical (unpaired) electrons. The van der Waals surface area contributed by atoms with Gasteiger partial charge in [0.1, 0.15) is 0 Å². The van der Waals surface area contributed by atoms with Gasteiger partial charge in [-0.05, 0) is 47.9 Å². The van der Waals surface area contributed by atoms with E-state index in [-0.39, 0.29) is 12.1 Å². The number of hydrogen-bond acceptors (Lipinski definition) is 2. The van der Waals surface area contributed by atoms with Crippen molar-refractivity contribution in [3.63, 3.8) is 0 Å². The van der Waals surface area contributed by atoms with E-state index in [4.69, 9.17) is 16.3 Å². The summed E-state index contributed by atoms with van der Waals surface area (Å²) in [4.78, 5) is 15.1. The molecule has 2 amide bonds. The van der Waals surface area contributed by atoms with E-state index in [0.29, 0.717) is 24.7 Å². The second-order valence-corrected chi connectivity index (χ2v) is 7.53. The number of hydrogen-bond donors (Lipinski definition) is 1. The average Bonchev–Trinajstić information content (AvgIpc) is 3.16. The van der Waals surface area contributed by atoms with Gasteiger partial charge in [0.25, 0.3) is 0 Å². The van der Waals surface area contributed by atoms with Crippen LogP contribution < -0.4 is 5.32 Å². The summed E-state index contributed by atoms with van der Waals surface area (Å²) in [6.45, 7) is 1.70. The number of aromatic nitrogens is 1. The quantitative estimate of drug-likeness (QED) is 0.616. The van der Waals surface area contributed by atoms with Crippen LogP contribution in [-0.2, 0) is 11.3 Å². The highest BCUT2D eigenvalue weighted by molar-refractivity contribution is 6.30. The molecule has 2 aromatic carbocycles. The third kappa shape index (κ3) is 4.02. The Morgan fingerprint density at radius 2 is 1.93 bits per heavy atom.